The highest BCUT2D eigenvalue weighted by Crippen LogP contribution is 2.34. The second-order valence-corrected chi connectivity index (χ2v) is 6.19. The highest BCUT2D eigenvalue weighted by molar-refractivity contribution is 6.30. The van der Waals surface area contributed by atoms with Gasteiger partial charge in [-0.15, -0.1) is 0 Å². The van der Waals surface area contributed by atoms with Crippen molar-refractivity contribution < 1.29 is 18.8 Å². The highest BCUT2D eigenvalue weighted by atomic mass is 35.5. The van der Waals surface area contributed by atoms with Crippen molar-refractivity contribution >= 4 is 23.5 Å². The number of carbonyl (C=O) groups is 2. The summed E-state index contributed by atoms with van der Waals surface area (Å²) < 4.78 is 9.66. The molecule has 1 aromatic heterocycles. The van der Waals surface area contributed by atoms with E-state index in [1.807, 2.05) is 12.1 Å². The van der Waals surface area contributed by atoms with E-state index in [1.54, 1.807) is 23.1 Å². The van der Waals surface area contributed by atoms with Gasteiger partial charge in [0.15, 0.2) is 0 Å². The molecule has 24 heavy (non-hydrogen) atoms. The average molecular weight is 349 g/mol. The molecule has 1 aliphatic heterocycles. The molecule has 0 unspecified atom stereocenters. The smallest absolute Gasteiger partial charge is 0.311 e. The van der Waals surface area contributed by atoms with E-state index in [4.69, 9.17) is 20.9 Å². The molecule has 7 heteroatoms. The third-order valence-electron chi connectivity index (χ3n) is 4.30. The number of hydrogen-bond acceptors (Lipinski definition) is 5. The number of nitrogens with zero attached hydrogens (tertiary/aromatic N) is 2. The molecule has 0 spiro atoms. The molecule has 2 atom stereocenters. The predicted molar refractivity (Wildman–Crippen MR) is 86.5 cm³/mol. The number of carbonyl (C=O) groups excluding carboxylic acids is 2. The van der Waals surface area contributed by atoms with Crippen molar-refractivity contribution in [2.24, 2.45) is 5.92 Å². The maximum atomic E-state index is 12.5. The lowest BCUT2D eigenvalue weighted by molar-refractivity contribution is -0.145. The van der Waals surface area contributed by atoms with Crippen LogP contribution in [0.2, 0.25) is 5.02 Å². The standard InChI is InChI=1S/C17H17ClN2O4/c1-23-17(22)15-10-20(16(21)8-13-6-7-24-19-13)9-14(15)11-2-4-12(18)5-3-11/h2-7,14-15H,8-10H2,1H3/t14-,15+/m0/s1. The maximum absolute atomic E-state index is 12.5. The summed E-state index contributed by atoms with van der Waals surface area (Å²) in [7, 11) is 1.36. The van der Waals surface area contributed by atoms with Gasteiger partial charge in [0.1, 0.15) is 6.26 Å². The van der Waals surface area contributed by atoms with Gasteiger partial charge < -0.3 is 14.2 Å². The van der Waals surface area contributed by atoms with Gasteiger partial charge in [0.2, 0.25) is 5.91 Å². The Morgan fingerprint density at radius 1 is 1.29 bits per heavy atom. The Kier molecular flexibility index (Phi) is 4.85. The first-order valence-corrected chi connectivity index (χ1v) is 7.96. The second kappa shape index (κ2) is 7.05. The van der Waals surface area contributed by atoms with Gasteiger partial charge in [0.25, 0.3) is 0 Å². The summed E-state index contributed by atoms with van der Waals surface area (Å²) in [6.07, 6.45) is 1.58. The number of halogens is 1. The van der Waals surface area contributed by atoms with Gasteiger partial charge >= 0.3 is 5.97 Å². The van der Waals surface area contributed by atoms with Crippen LogP contribution in [0.5, 0.6) is 0 Å². The molecule has 0 saturated carbocycles. The fourth-order valence-electron chi connectivity index (χ4n) is 3.04. The number of methoxy groups -OCH3 is 1. The van der Waals surface area contributed by atoms with Gasteiger partial charge in [-0.3, -0.25) is 9.59 Å². The molecule has 1 aliphatic rings. The molecule has 126 valence electrons. The first-order valence-electron chi connectivity index (χ1n) is 7.59. The fraction of sp³-hybridized carbons (Fsp3) is 0.353. The van der Waals surface area contributed by atoms with Gasteiger partial charge in [-0.2, -0.15) is 0 Å². The van der Waals surface area contributed by atoms with Crippen LogP contribution in [0.1, 0.15) is 17.2 Å². The summed E-state index contributed by atoms with van der Waals surface area (Å²) >= 11 is 5.93. The van der Waals surface area contributed by atoms with Gasteiger partial charge in [-0.25, -0.2) is 0 Å². The minimum atomic E-state index is -0.391. The Bertz CT molecular complexity index is 715. The zero-order valence-electron chi connectivity index (χ0n) is 13.1. The van der Waals surface area contributed by atoms with E-state index in [2.05, 4.69) is 5.16 Å². The number of aromatic nitrogens is 1. The summed E-state index contributed by atoms with van der Waals surface area (Å²) in [6.45, 7) is 0.786. The van der Waals surface area contributed by atoms with Crippen LogP contribution < -0.4 is 0 Å². The van der Waals surface area contributed by atoms with Crippen LogP contribution in [0.4, 0.5) is 0 Å². The Morgan fingerprint density at radius 3 is 2.67 bits per heavy atom. The lowest BCUT2D eigenvalue weighted by atomic mass is 9.89. The van der Waals surface area contributed by atoms with Crippen molar-refractivity contribution in [3.8, 4) is 0 Å². The van der Waals surface area contributed by atoms with Gasteiger partial charge in [-0.05, 0) is 17.7 Å². The first-order chi connectivity index (χ1) is 11.6. The van der Waals surface area contributed by atoms with Crippen molar-refractivity contribution in [2.75, 3.05) is 20.2 Å². The molecule has 1 amide bonds. The molecule has 1 saturated heterocycles. The Labute approximate surface area is 144 Å². The number of benzene rings is 1. The molecule has 2 aromatic rings. The van der Waals surface area contributed by atoms with Gasteiger partial charge in [0.05, 0.1) is 25.1 Å². The van der Waals surface area contributed by atoms with E-state index < -0.39 is 5.92 Å². The van der Waals surface area contributed by atoms with Gasteiger partial charge in [0, 0.05) is 30.1 Å². The van der Waals surface area contributed by atoms with Crippen LogP contribution in [0.3, 0.4) is 0 Å². The molecule has 1 fully saturated rings. The highest BCUT2D eigenvalue weighted by Gasteiger charge is 2.41. The van der Waals surface area contributed by atoms with Crippen LogP contribution in [-0.2, 0) is 20.7 Å². The van der Waals surface area contributed by atoms with E-state index >= 15 is 0 Å². The third kappa shape index (κ3) is 3.43. The lowest BCUT2D eigenvalue weighted by Gasteiger charge is -2.16. The normalized spacial score (nSPS) is 20.2. The number of rotatable bonds is 4. The summed E-state index contributed by atoms with van der Waals surface area (Å²) in [6, 6.07) is 8.99. The van der Waals surface area contributed by atoms with Crippen molar-refractivity contribution in [1.29, 1.82) is 0 Å². The summed E-state index contributed by atoms with van der Waals surface area (Å²) in [5.74, 6) is -0.908. The molecule has 0 aliphatic carbocycles. The number of esters is 1. The number of likely N-dealkylation sites (tertiary alicyclic amines) is 1. The van der Waals surface area contributed by atoms with Crippen molar-refractivity contribution in [1.82, 2.24) is 10.1 Å². The summed E-state index contributed by atoms with van der Waals surface area (Å²) in [5, 5.41) is 4.39. The van der Waals surface area contributed by atoms with E-state index in [0.29, 0.717) is 23.8 Å². The molecule has 1 aromatic carbocycles. The zero-order valence-corrected chi connectivity index (χ0v) is 13.9. The Hall–Kier alpha value is -2.34. The molecule has 3 rings (SSSR count). The molecular weight excluding hydrogens is 332 g/mol. The SMILES string of the molecule is COC(=O)[C@@H]1CN(C(=O)Cc2ccon2)C[C@H]1c1ccc(Cl)cc1. The van der Waals surface area contributed by atoms with Crippen molar-refractivity contribution in [3.05, 3.63) is 52.9 Å². The molecule has 0 bridgehead atoms. The third-order valence-corrected chi connectivity index (χ3v) is 4.55. The molecule has 6 nitrogen and oxygen atoms in total. The Balaban J connectivity index is 1.78. The first kappa shape index (κ1) is 16.5. The monoisotopic (exact) mass is 348 g/mol. The van der Waals surface area contributed by atoms with Crippen LogP contribution >= 0.6 is 11.6 Å². The largest absolute Gasteiger partial charge is 0.469 e. The second-order valence-electron chi connectivity index (χ2n) is 5.75. The van der Waals surface area contributed by atoms with Crippen LogP contribution in [0.25, 0.3) is 0 Å². The zero-order chi connectivity index (χ0) is 17.1. The molecular formula is C17H17ClN2O4. The molecule has 0 radical (unpaired) electrons. The van der Waals surface area contributed by atoms with Crippen LogP contribution in [0, 0.1) is 5.92 Å². The van der Waals surface area contributed by atoms with E-state index in [0.717, 1.165) is 5.56 Å². The van der Waals surface area contributed by atoms with Crippen molar-refractivity contribution in [3.63, 3.8) is 0 Å². The fourth-order valence-corrected chi connectivity index (χ4v) is 3.17. The van der Waals surface area contributed by atoms with Crippen LogP contribution in [0.15, 0.2) is 41.1 Å². The number of hydrogen-bond donors (Lipinski definition) is 0. The van der Waals surface area contributed by atoms with Crippen molar-refractivity contribution in [2.45, 2.75) is 12.3 Å². The number of ether oxygens (including phenoxy) is 1. The minimum Gasteiger partial charge on any atom is -0.469 e. The Morgan fingerprint density at radius 2 is 2.04 bits per heavy atom. The average Bonchev–Trinajstić information content (AvgIpc) is 3.24. The number of amides is 1. The van der Waals surface area contributed by atoms with E-state index in [1.165, 1.54) is 13.4 Å². The van der Waals surface area contributed by atoms with E-state index in [9.17, 15) is 9.59 Å². The van der Waals surface area contributed by atoms with Gasteiger partial charge in [-0.1, -0.05) is 28.9 Å². The molecule has 0 N–H and O–H groups in total. The summed E-state index contributed by atoms with van der Waals surface area (Å²) in [4.78, 5) is 26.3. The maximum Gasteiger partial charge on any atom is 0.311 e. The lowest BCUT2D eigenvalue weighted by Crippen LogP contribution is -2.31. The predicted octanol–water partition coefficient (Wildman–Crippen LogP) is 2.29. The molecule has 2 heterocycles. The summed E-state index contributed by atoms with van der Waals surface area (Å²) in [5.41, 5.74) is 1.54. The quantitative estimate of drug-likeness (QED) is 0.793. The minimum absolute atomic E-state index is 0.0886. The van der Waals surface area contributed by atoms with Crippen LogP contribution in [-0.4, -0.2) is 42.1 Å². The van der Waals surface area contributed by atoms with E-state index in [-0.39, 0.29) is 24.2 Å². The topological polar surface area (TPSA) is 72.6 Å².